The molecule has 2 fully saturated rings. The van der Waals surface area contributed by atoms with E-state index in [0.29, 0.717) is 12.0 Å². The lowest BCUT2D eigenvalue weighted by Crippen LogP contribution is -2.46. The molecule has 2 unspecified atom stereocenters. The lowest BCUT2D eigenvalue weighted by atomic mass is 9.85. The van der Waals surface area contributed by atoms with Crippen LogP contribution in [0.3, 0.4) is 0 Å². The van der Waals surface area contributed by atoms with Gasteiger partial charge in [0.05, 0.1) is 0 Å². The van der Waals surface area contributed by atoms with Crippen molar-refractivity contribution < 1.29 is 0 Å². The van der Waals surface area contributed by atoms with Gasteiger partial charge in [-0.3, -0.25) is 9.89 Å². The molecule has 2 aliphatic rings. The van der Waals surface area contributed by atoms with Gasteiger partial charge in [0.2, 0.25) is 0 Å². The largest absolute Gasteiger partial charge is 0.356 e. The standard InChI is InChI=1S/C18H30N4S/c1-19-18(20-12-14-6-3-7-14)21-13-15-8-4-10-22(2)17(15)16-9-5-11-23-16/h5,9,11,14-15,17H,3-4,6-8,10,12-13H2,1-2H3,(H2,19,20,21). The predicted octanol–water partition coefficient (Wildman–Crippen LogP) is 3.10. The second kappa shape index (κ2) is 8.15. The van der Waals surface area contributed by atoms with Crippen molar-refractivity contribution in [2.24, 2.45) is 16.8 Å². The molecule has 1 saturated heterocycles. The second-order valence-electron chi connectivity index (χ2n) is 6.97. The number of nitrogens with zero attached hydrogens (tertiary/aromatic N) is 2. The van der Waals surface area contributed by atoms with Gasteiger partial charge in [-0.2, -0.15) is 0 Å². The van der Waals surface area contributed by atoms with Crippen molar-refractivity contribution in [3.8, 4) is 0 Å². The van der Waals surface area contributed by atoms with E-state index in [2.05, 4.69) is 45.1 Å². The number of nitrogens with one attached hydrogen (secondary N) is 2. The van der Waals surface area contributed by atoms with E-state index in [1.54, 1.807) is 0 Å². The predicted molar refractivity (Wildman–Crippen MR) is 99.1 cm³/mol. The van der Waals surface area contributed by atoms with Gasteiger partial charge in [0, 0.05) is 31.1 Å². The van der Waals surface area contributed by atoms with Crippen LogP contribution in [0.25, 0.3) is 0 Å². The van der Waals surface area contributed by atoms with Crippen molar-refractivity contribution in [3.63, 3.8) is 0 Å². The molecule has 0 aromatic carbocycles. The minimum absolute atomic E-state index is 0.543. The third-order valence-corrected chi connectivity index (χ3v) is 6.32. The number of hydrogen-bond donors (Lipinski definition) is 2. The van der Waals surface area contributed by atoms with E-state index in [-0.39, 0.29) is 0 Å². The van der Waals surface area contributed by atoms with E-state index >= 15 is 0 Å². The van der Waals surface area contributed by atoms with Gasteiger partial charge in [-0.15, -0.1) is 11.3 Å². The Morgan fingerprint density at radius 3 is 2.74 bits per heavy atom. The van der Waals surface area contributed by atoms with Crippen LogP contribution >= 0.6 is 11.3 Å². The van der Waals surface area contributed by atoms with Crippen LogP contribution in [-0.2, 0) is 0 Å². The van der Waals surface area contributed by atoms with Crippen LogP contribution in [0.5, 0.6) is 0 Å². The molecule has 1 aliphatic heterocycles. The molecule has 2 heterocycles. The quantitative estimate of drug-likeness (QED) is 0.642. The highest BCUT2D eigenvalue weighted by atomic mass is 32.1. The fraction of sp³-hybridized carbons (Fsp3) is 0.722. The number of rotatable bonds is 5. The van der Waals surface area contributed by atoms with Crippen LogP contribution in [0.15, 0.2) is 22.5 Å². The maximum Gasteiger partial charge on any atom is 0.190 e. The minimum atomic E-state index is 0.543. The zero-order valence-corrected chi connectivity index (χ0v) is 15.2. The Hall–Kier alpha value is -1.07. The molecule has 0 amide bonds. The first-order valence-electron chi connectivity index (χ1n) is 8.96. The summed E-state index contributed by atoms with van der Waals surface area (Å²) in [6.07, 6.45) is 6.73. The summed E-state index contributed by atoms with van der Waals surface area (Å²) in [6.45, 7) is 3.27. The van der Waals surface area contributed by atoms with E-state index < -0.39 is 0 Å². The Balaban J connectivity index is 1.54. The molecule has 23 heavy (non-hydrogen) atoms. The first-order chi connectivity index (χ1) is 11.3. The van der Waals surface area contributed by atoms with Crippen LogP contribution < -0.4 is 10.6 Å². The van der Waals surface area contributed by atoms with Gasteiger partial charge in [-0.25, -0.2) is 0 Å². The van der Waals surface area contributed by atoms with E-state index in [0.717, 1.165) is 25.0 Å². The van der Waals surface area contributed by atoms with Crippen molar-refractivity contribution in [3.05, 3.63) is 22.4 Å². The van der Waals surface area contributed by atoms with Crippen molar-refractivity contribution in [2.75, 3.05) is 33.7 Å². The fourth-order valence-corrected chi connectivity index (χ4v) is 4.75. The van der Waals surface area contributed by atoms with E-state index in [1.807, 2.05) is 18.4 Å². The summed E-state index contributed by atoms with van der Waals surface area (Å²) < 4.78 is 0. The molecule has 1 aromatic rings. The van der Waals surface area contributed by atoms with Crippen molar-refractivity contribution in [1.29, 1.82) is 0 Å². The average Bonchev–Trinajstić information content (AvgIpc) is 3.02. The van der Waals surface area contributed by atoms with Crippen molar-refractivity contribution >= 4 is 17.3 Å². The van der Waals surface area contributed by atoms with E-state index in [9.17, 15) is 0 Å². The molecule has 128 valence electrons. The van der Waals surface area contributed by atoms with Gasteiger partial charge in [-0.05, 0) is 62.6 Å². The van der Waals surface area contributed by atoms with E-state index in [1.165, 1.54) is 43.5 Å². The molecule has 0 spiro atoms. The molecule has 2 atom stereocenters. The fourth-order valence-electron chi connectivity index (χ4n) is 3.77. The zero-order chi connectivity index (χ0) is 16.1. The van der Waals surface area contributed by atoms with Gasteiger partial charge in [0.15, 0.2) is 5.96 Å². The summed E-state index contributed by atoms with van der Waals surface area (Å²) in [6, 6.07) is 5.00. The van der Waals surface area contributed by atoms with Gasteiger partial charge in [0.1, 0.15) is 0 Å². The van der Waals surface area contributed by atoms with Crippen molar-refractivity contribution in [1.82, 2.24) is 15.5 Å². The molecule has 0 bridgehead atoms. The molecule has 1 aliphatic carbocycles. The summed E-state index contributed by atoms with van der Waals surface area (Å²) in [7, 11) is 4.14. The Morgan fingerprint density at radius 1 is 1.26 bits per heavy atom. The summed E-state index contributed by atoms with van der Waals surface area (Å²) in [4.78, 5) is 8.41. The maximum absolute atomic E-state index is 4.39. The molecule has 1 aromatic heterocycles. The first-order valence-corrected chi connectivity index (χ1v) is 9.84. The number of guanidine groups is 1. The molecular formula is C18H30N4S. The van der Waals surface area contributed by atoms with Gasteiger partial charge >= 0.3 is 0 Å². The Labute approximate surface area is 144 Å². The zero-order valence-electron chi connectivity index (χ0n) is 14.4. The maximum atomic E-state index is 4.39. The van der Waals surface area contributed by atoms with Crippen LogP contribution in [-0.4, -0.2) is 44.6 Å². The van der Waals surface area contributed by atoms with Crippen molar-refractivity contribution in [2.45, 2.75) is 38.1 Å². The first kappa shape index (κ1) is 16.8. The summed E-state index contributed by atoms with van der Waals surface area (Å²) >= 11 is 1.89. The monoisotopic (exact) mass is 334 g/mol. The number of hydrogen-bond acceptors (Lipinski definition) is 3. The second-order valence-corrected chi connectivity index (χ2v) is 7.95. The van der Waals surface area contributed by atoms with Crippen LogP contribution in [0.4, 0.5) is 0 Å². The Bertz CT molecular complexity index is 495. The molecule has 3 rings (SSSR count). The average molecular weight is 335 g/mol. The van der Waals surface area contributed by atoms with Crippen LogP contribution in [0, 0.1) is 11.8 Å². The normalized spacial score (nSPS) is 26.8. The molecule has 2 N–H and O–H groups in total. The minimum Gasteiger partial charge on any atom is -0.356 e. The van der Waals surface area contributed by atoms with E-state index in [4.69, 9.17) is 0 Å². The Morgan fingerprint density at radius 2 is 2.09 bits per heavy atom. The molecule has 4 nitrogen and oxygen atoms in total. The highest BCUT2D eigenvalue weighted by Crippen LogP contribution is 2.36. The third-order valence-electron chi connectivity index (χ3n) is 5.38. The van der Waals surface area contributed by atoms with Crippen LogP contribution in [0.2, 0.25) is 0 Å². The van der Waals surface area contributed by atoms with Gasteiger partial charge in [0.25, 0.3) is 0 Å². The Kier molecular flexibility index (Phi) is 5.95. The summed E-state index contributed by atoms with van der Waals surface area (Å²) in [5, 5.41) is 9.27. The molecule has 0 radical (unpaired) electrons. The number of likely N-dealkylation sites (tertiary alicyclic amines) is 1. The highest BCUT2D eigenvalue weighted by molar-refractivity contribution is 7.10. The summed E-state index contributed by atoms with van der Waals surface area (Å²) in [5.74, 6) is 2.47. The SMILES string of the molecule is CN=C(NCC1CCC1)NCC1CCCN(C)C1c1cccs1. The third kappa shape index (κ3) is 4.27. The lowest BCUT2D eigenvalue weighted by molar-refractivity contribution is 0.125. The van der Waals surface area contributed by atoms with Gasteiger partial charge in [-0.1, -0.05) is 12.5 Å². The highest BCUT2D eigenvalue weighted by Gasteiger charge is 2.31. The lowest BCUT2D eigenvalue weighted by Gasteiger charge is -2.39. The number of thiophene rings is 1. The topological polar surface area (TPSA) is 39.7 Å². The summed E-state index contributed by atoms with van der Waals surface area (Å²) in [5.41, 5.74) is 0. The smallest absolute Gasteiger partial charge is 0.190 e. The van der Waals surface area contributed by atoms with Gasteiger partial charge < -0.3 is 10.6 Å². The molecular weight excluding hydrogens is 304 g/mol. The number of piperidine rings is 1. The molecule has 1 saturated carbocycles. The molecule has 5 heteroatoms. The number of aliphatic imine (C=N–C) groups is 1. The van der Waals surface area contributed by atoms with Crippen LogP contribution in [0.1, 0.15) is 43.0 Å².